The molecule has 3 heteroatoms. The third-order valence-electron chi connectivity index (χ3n) is 3.06. The standard InChI is InChI=1S/C16H12ClNO/c1-11-13(8-5-9-15(11)17)16(19)14(10-18)12-6-3-2-4-7-12/h2-9,14H,1H3. The second kappa shape index (κ2) is 5.69. The zero-order chi connectivity index (χ0) is 13.8. The molecule has 1 atom stereocenters. The maximum atomic E-state index is 12.5. The van der Waals surface area contributed by atoms with E-state index in [1.54, 1.807) is 37.3 Å². The van der Waals surface area contributed by atoms with Crippen molar-refractivity contribution in [2.45, 2.75) is 12.8 Å². The number of nitriles is 1. The van der Waals surface area contributed by atoms with E-state index < -0.39 is 5.92 Å². The van der Waals surface area contributed by atoms with Gasteiger partial charge in [0.1, 0.15) is 5.92 Å². The second-order valence-corrected chi connectivity index (χ2v) is 4.66. The van der Waals surface area contributed by atoms with Gasteiger partial charge in [-0.2, -0.15) is 5.26 Å². The number of hydrogen-bond acceptors (Lipinski definition) is 2. The summed E-state index contributed by atoms with van der Waals surface area (Å²) in [6.07, 6.45) is 0. The summed E-state index contributed by atoms with van der Waals surface area (Å²) in [5.74, 6) is -1.01. The highest BCUT2D eigenvalue weighted by Gasteiger charge is 2.23. The van der Waals surface area contributed by atoms with Gasteiger partial charge in [0.05, 0.1) is 6.07 Å². The first-order valence-corrected chi connectivity index (χ1v) is 6.27. The Kier molecular flexibility index (Phi) is 3.99. The molecular weight excluding hydrogens is 258 g/mol. The Labute approximate surface area is 117 Å². The number of halogens is 1. The highest BCUT2D eigenvalue weighted by Crippen LogP contribution is 2.25. The molecule has 0 bridgehead atoms. The Morgan fingerprint density at radius 2 is 1.84 bits per heavy atom. The summed E-state index contributed by atoms with van der Waals surface area (Å²) in [7, 11) is 0. The Hall–Kier alpha value is -2.11. The van der Waals surface area contributed by atoms with Crippen LogP contribution in [0.2, 0.25) is 5.02 Å². The molecule has 0 aliphatic heterocycles. The lowest BCUT2D eigenvalue weighted by Crippen LogP contribution is -2.12. The number of rotatable bonds is 3. The Bertz CT molecular complexity index is 644. The SMILES string of the molecule is Cc1c(Cl)cccc1C(=O)C(C#N)c1ccccc1. The van der Waals surface area contributed by atoms with Crippen LogP contribution in [0.25, 0.3) is 0 Å². The fourth-order valence-electron chi connectivity index (χ4n) is 1.96. The van der Waals surface area contributed by atoms with Crippen LogP contribution in [0.3, 0.4) is 0 Å². The maximum absolute atomic E-state index is 12.5. The fourth-order valence-corrected chi connectivity index (χ4v) is 2.13. The third-order valence-corrected chi connectivity index (χ3v) is 3.47. The van der Waals surface area contributed by atoms with E-state index in [4.69, 9.17) is 11.6 Å². The lowest BCUT2D eigenvalue weighted by atomic mass is 9.90. The number of ketones is 1. The zero-order valence-electron chi connectivity index (χ0n) is 10.4. The van der Waals surface area contributed by atoms with Crippen molar-refractivity contribution in [1.29, 1.82) is 5.26 Å². The van der Waals surface area contributed by atoms with Crippen molar-refractivity contribution < 1.29 is 4.79 Å². The van der Waals surface area contributed by atoms with Gasteiger partial charge >= 0.3 is 0 Å². The third kappa shape index (κ3) is 2.67. The molecule has 0 aromatic heterocycles. The van der Waals surface area contributed by atoms with Gasteiger partial charge in [0.15, 0.2) is 5.78 Å². The van der Waals surface area contributed by atoms with Gasteiger partial charge in [0.2, 0.25) is 0 Å². The van der Waals surface area contributed by atoms with Crippen molar-refractivity contribution in [2.75, 3.05) is 0 Å². The average Bonchev–Trinajstić information content (AvgIpc) is 2.44. The van der Waals surface area contributed by atoms with Crippen molar-refractivity contribution in [1.82, 2.24) is 0 Å². The Morgan fingerprint density at radius 1 is 1.16 bits per heavy atom. The maximum Gasteiger partial charge on any atom is 0.184 e. The van der Waals surface area contributed by atoms with Crippen LogP contribution in [0.4, 0.5) is 0 Å². The molecule has 2 aromatic carbocycles. The number of carbonyl (C=O) groups is 1. The summed E-state index contributed by atoms with van der Waals surface area (Å²) in [6.45, 7) is 1.79. The van der Waals surface area contributed by atoms with E-state index in [9.17, 15) is 10.1 Å². The van der Waals surface area contributed by atoms with Gasteiger partial charge in [0, 0.05) is 10.6 Å². The molecule has 0 amide bonds. The van der Waals surface area contributed by atoms with Gasteiger partial charge in [-0.3, -0.25) is 4.79 Å². The molecule has 19 heavy (non-hydrogen) atoms. The molecule has 0 saturated heterocycles. The van der Waals surface area contributed by atoms with Crippen LogP contribution in [-0.4, -0.2) is 5.78 Å². The van der Waals surface area contributed by atoms with Crippen molar-refractivity contribution in [3.05, 3.63) is 70.2 Å². The molecule has 0 N–H and O–H groups in total. The van der Waals surface area contributed by atoms with Crippen molar-refractivity contribution in [3.63, 3.8) is 0 Å². The molecule has 2 nitrogen and oxygen atoms in total. The number of carbonyl (C=O) groups excluding carboxylic acids is 1. The second-order valence-electron chi connectivity index (χ2n) is 4.25. The van der Waals surface area contributed by atoms with Crippen LogP contribution in [0, 0.1) is 18.3 Å². The number of benzene rings is 2. The van der Waals surface area contributed by atoms with E-state index in [0.717, 1.165) is 0 Å². The molecule has 0 aliphatic carbocycles. The predicted molar refractivity (Wildman–Crippen MR) is 75.3 cm³/mol. The zero-order valence-corrected chi connectivity index (χ0v) is 11.2. The van der Waals surface area contributed by atoms with Gasteiger partial charge < -0.3 is 0 Å². The lowest BCUT2D eigenvalue weighted by molar-refractivity contribution is 0.0978. The summed E-state index contributed by atoms with van der Waals surface area (Å²) in [5, 5.41) is 9.81. The van der Waals surface area contributed by atoms with Gasteiger partial charge in [-0.1, -0.05) is 54.1 Å². The normalized spacial score (nSPS) is 11.6. The lowest BCUT2D eigenvalue weighted by Gasteiger charge is -2.11. The molecule has 0 fully saturated rings. The van der Waals surface area contributed by atoms with Crippen LogP contribution in [0.5, 0.6) is 0 Å². The number of nitrogens with zero attached hydrogens (tertiary/aromatic N) is 1. The van der Waals surface area contributed by atoms with Crippen molar-refractivity contribution in [2.24, 2.45) is 0 Å². The number of Topliss-reactive ketones (excluding diaryl/α,β-unsaturated/α-hetero) is 1. The summed E-state index contributed by atoms with van der Waals surface area (Å²) in [6, 6.07) is 16.3. The number of hydrogen-bond donors (Lipinski definition) is 0. The molecule has 0 aliphatic rings. The summed E-state index contributed by atoms with van der Waals surface area (Å²) in [4.78, 5) is 12.5. The quantitative estimate of drug-likeness (QED) is 0.786. The summed E-state index contributed by atoms with van der Waals surface area (Å²) < 4.78 is 0. The van der Waals surface area contributed by atoms with E-state index in [2.05, 4.69) is 6.07 Å². The van der Waals surface area contributed by atoms with Crippen molar-refractivity contribution in [3.8, 4) is 6.07 Å². The van der Waals surface area contributed by atoms with Gasteiger partial charge in [-0.15, -0.1) is 0 Å². The van der Waals surface area contributed by atoms with Crippen LogP contribution < -0.4 is 0 Å². The molecular formula is C16H12ClNO. The first kappa shape index (κ1) is 13.3. The smallest absolute Gasteiger partial charge is 0.184 e. The van der Waals surface area contributed by atoms with Crippen LogP contribution in [0.1, 0.15) is 27.4 Å². The van der Waals surface area contributed by atoms with E-state index >= 15 is 0 Å². The largest absolute Gasteiger partial charge is 0.292 e. The highest BCUT2D eigenvalue weighted by atomic mass is 35.5. The first-order chi connectivity index (χ1) is 9.15. The molecule has 0 radical (unpaired) electrons. The van der Waals surface area contributed by atoms with Crippen LogP contribution in [0.15, 0.2) is 48.5 Å². The molecule has 0 heterocycles. The minimum atomic E-state index is -0.793. The van der Waals surface area contributed by atoms with Crippen LogP contribution >= 0.6 is 11.6 Å². The monoisotopic (exact) mass is 269 g/mol. The molecule has 2 aromatic rings. The van der Waals surface area contributed by atoms with E-state index in [-0.39, 0.29) is 5.78 Å². The van der Waals surface area contributed by atoms with Crippen LogP contribution in [-0.2, 0) is 0 Å². The topological polar surface area (TPSA) is 40.9 Å². The van der Waals surface area contributed by atoms with E-state index in [1.807, 2.05) is 18.2 Å². The minimum Gasteiger partial charge on any atom is -0.292 e. The molecule has 0 saturated carbocycles. The minimum absolute atomic E-state index is 0.214. The highest BCUT2D eigenvalue weighted by molar-refractivity contribution is 6.32. The van der Waals surface area contributed by atoms with Gasteiger partial charge in [-0.05, 0) is 24.1 Å². The van der Waals surface area contributed by atoms with Gasteiger partial charge in [0.25, 0.3) is 0 Å². The summed E-state index contributed by atoms with van der Waals surface area (Å²) in [5.41, 5.74) is 1.92. The molecule has 0 spiro atoms. The molecule has 2 rings (SSSR count). The molecule has 1 unspecified atom stereocenters. The Morgan fingerprint density at radius 3 is 2.47 bits per heavy atom. The van der Waals surface area contributed by atoms with E-state index in [0.29, 0.717) is 21.7 Å². The van der Waals surface area contributed by atoms with Crippen molar-refractivity contribution >= 4 is 17.4 Å². The predicted octanol–water partition coefficient (Wildman–Crippen LogP) is 4.14. The first-order valence-electron chi connectivity index (χ1n) is 5.89. The summed E-state index contributed by atoms with van der Waals surface area (Å²) >= 11 is 6.02. The molecule has 94 valence electrons. The Balaban J connectivity index is 2.43. The fraction of sp³-hybridized carbons (Fsp3) is 0.125. The van der Waals surface area contributed by atoms with E-state index in [1.165, 1.54) is 0 Å². The average molecular weight is 270 g/mol. The van der Waals surface area contributed by atoms with Gasteiger partial charge in [-0.25, -0.2) is 0 Å².